The lowest BCUT2D eigenvalue weighted by Gasteiger charge is -2.06. The van der Waals surface area contributed by atoms with E-state index in [1.54, 1.807) is 11.8 Å². The van der Waals surface area contributed by atoms with Gasteiger partial charge in [-0.25, -0.2) is 9.67 Å². The number of aromatic nitrogens is 3. The van der Waals surface area contributed by atoms with Crippen LogP contribution in [0.15, 0.2) is 35.5 Å². The van der Waals surface area contributed by atoms with Crippen molar-refractivity contribution in [2.45, 2.75) is 11.4 Å². The van der Waals surface area contributed by atoms with Gasteiger partial charge in [0.15, 0.2) is 0 Å². The van der Waals surface area contributed by atoms with Crippen molar-refractivity contribution in [2.75, 3.05) is 11.6 Å². The van der Waals surface area contributed by atoms with Crippen molar-refractivity contribution < 1.29 is 4.79 Å². The summed E-state index contributed by atoms with van der Waals surface area (Å²) in [5, 5.41) is 15.2. The van der Waals surface area contributed by atoms with Gasteiger partial charge in [0.05, 0.1) is 0 Å². The monoisotopic (exact) mass is 273 g/mol. The lowest BCUT2D eigenvalue weighted by molar-refractivity contribution is -0.116. The molecule has 1 aromatic carbocycles. The Morgan fingerprint density at radius 3 is 3.11 bits per heavy atom. The molecule has 19 heavy (non-hydrogen) atoms. The molecule has 0 saturated heterocycles. The molecule has 2 rings (SSSR count). The van der Waals surface area contributed by atoms with E-state index in [0.717, 1.165) is 10.6 Å². The maximum absolute atomic E-state index is 11.8. The topological polar surface area (TPSA) is 83.6 Å². The molecule has 0 aliphatic heterocycles. The number of hydrogen-bond donors (Lipinski definition) is 1. The molecule has 0 atom stereocenters. The average molecular weight is 273 g/mol. The molecule has 0 bridgehead atoms. The molecule has 1 amide bonds. The Bertz CT molecular complexity index is 631. The first-order valence-corrected chi connectivity index (χ1v) is 6.67. The van der Waals surface area contributed by atoms with Crippen LogP contribution in [0.3, 0.4) is 0 Å². The van der Waals surface area contributed by atoms with E-state index >= 15 is 0 Å². The maximum atomic E-state index is 11.8. The molecular weight excluding hydrogens is 262 g/mol. The number of anilines is 1. The van der Waals surface area contributed by atoms with E-state index in [1.807, 2.05) is 36.6 Å². The van der Waals surface area contributed by atoms with Crippen LogP contribution in [0.5, 0.6) is 0 Å². The third kappa shape index (κ3) is 3.56. The second kappa shape index (κ2) is 6.02. The number of amides is 1. The summed E-state index contributed by atoms with van der Waals surface area (Å²) in [7, 11) is 0. The van der Waals surface area contributed by atoms with Gasteiger partial charge in [0, 0.05) is 10.6 Å². The first kappa shape index (κ1) is 13.1. The second-order valence-electron chi connectivity index (χ2n) is 3.66. The van der Waals surface area contributed by atoms with Crippen LogP contribution in [-0.2, 0) is 11.3 Å². The third-order valence-electron chi connectivity index (χ3n) is 2.30. The molecule has 96 valence electrons. The van der Waals surface area contributed by atoms with Crippen LogP contribution < -0.4 is 5.32 Å². The van der Waals surface area contributed by atoms with Crippen molar-refractivity contribution in [1.29, 1.82) is 5.26 Å². The first-order chi connectivity index (χ1) is 9.21. The molecule has 0 aliphatic carbocycles. The molecule has 7 heteroatoms. The zero-order valence-electron chi connectivity index (χ0n) is 10.2. The van der Waals surface area contributed by atoms with Crippen molar-refractivity contribution in [1.82, 2.24) is 14.8 Å². The highest BCUT2D eigenvalue weighted by Crippen LogP contribution is 2.18. The smallest absolute Gasteiger partial charge is 0.252 e. The van der Waals surface area contributed by atoms with Gasteiger partial charge in [-0.05, 0) is 24.5 Å². The number of carbonyl (C=O) groups is 1. The fourth-order valence-corrected chi connectivity index (χ4v) is 1.93. The molecule has 0 radical (unpaired) electrons. The van der Waals surface area contributed by atoms with Crippen molar-refractivity contribution in [3.8, 4) is 6.07 Å². The average Bonchev–Trinajstić information content (AvgIpc) is 2.86. The summed E-state index contributed by atoms with van der Waals surface area (Å²) in [6.07, 6.45) is 3.33. The zero-order valence-corrected chi connectivity index (χ0v) is 11.0. The highest BCUT2D eigenvalue weighted by Gasteiger charge is 2.06. The maximum Gasteiger partial charge on any atom is 0.252 e. The zero-order chi connectivity index (χ0) is 13.7. The largest absolute Gasteiger partial charge is 0.324 e. The van der Waals surface area contributed by atoms with E-state index in [-0.39, 0.29) is 18.3 Å². The summed E-state index contributed by atoms with van der Waals surface area (Å²) in [6.45, 7) is 0.0260. The number of benzene rings is 1. The fraction of sp³-hybridized carbons (Fsp3) is 0.167. The summed E-state index contributed by atoms with van der Waals surface area (Å²) in [6, 6.07) is 9.37. The summed E-state index contributed by atoms with van der Waals surface area (Å²) in [5.41, 5.74) is 0.734. The molecule has 0 spiro atoms. The molecule has 1 aromatic heterocycles. The quantitative estimate of drug-likeness (QED) is 0.854. The van der Waals surface area contributed by atoms with Gasteiger partial charge in [0.1, 0.15) is 18.9 Å². The Kier molecular flexibility index (Phi) is 4.15. The van der Waals surface area contributed by atoms with E-state index in [4.69, 9.17) is 5.26 Å². The summed E-state index contributed by atoms with van der Waals surface area (Å²) >= 11 is 1.61. The minimum Gasteiger partial charge on any atom is -0.324 e. The molecule has 1 heterocycles. The number of thioether (sulfide) groups is 1. The van der Waals surface area contributed by atoms with Crippen molar-refractivity contribution >= 4 is 23.4 Å². The van der Waals surface area contributed by atoms with Gasteiger partial charge in [0.2, 0.25) is 5.91 Å². The van der Waals surface area contributed by atoms with Crippen LogP contribution >= 0.6 is 11.8 Å². The Morgan fingerprint density at radius 2 is 2.42 bits per heavy atom. The Hall–Kier alpha value is -2.33. The van der Waals surface area contributed by atoms with E-state index in [9.17, 15) is 4.79 Å². The van der Waals surface area contributed by atoms with Gasteiger partial charge in [-0.2, -0.15) is 5.26 Å². The molecular formula is C12H11N5OS. The molecule has 1 N–H and O–H groups in total. The van der Waals surface area contributed by atoms with E-state index in [0.29, 0.717) is 0 Å². The predicted octanol–water partition coefficient (Wildman–Crippen LogP) is 1.51. The molecule has 0 fully saturated rings. The van der Waals surface area contributed by atoms with Crippen LogP contribution in [0.25, 0.3) is 0 Å². The van der Waals surface area contributed by atoms with Crippen LogP contribution in [0.1, 0.15) is 5.82 Å². The Morgan fingerprint density at radius 1 is 1.58 bits per heavy atom. The van der Waals surface area contributed by atoms with Crippen LogP contribution in [0, 0.1) is 11.3 Å². The Balaban J connectivity index is 1.99. The van der Waals surface area contributed by atoms with Gasteiger partial charge in [0.25, 0.3) is 5.82 Å². The third-order valence-corrected chi connectivity index (χ3v) is 3.02. The Labute approximate surface area is 114 Å². The van der Waals surface area contributed by atoms with Crippen molar-refractivity contribution in [3.63, 3.8) is 0 Å². The minimum atomic E-state index is -0.215. The van der Waals surface area contributed by atoms with E-state index in [2.05, 4.69) is 15.4 Å². The first-order valence-electron chi connectivity index (χ1n) is 5.44. The van der Waals surface area contributed by atoms with Gasteiger partial charge in [-0.15, -0.1) is 16.9 Å². The van der Waals surface area contributed by atoms with Crippen LogP contribution in [-0.4, -0.2) is 26.9 Å². The van der Waals surface area contributed by atoms with E-state index in [1.165, 1.54) is 11.0 Å². The molecule has 0 aliphatic rings. The molecule has 0 unspecified atom stereocenters. The standard InChI is InChI=1S/C12H11N5OS/c1-19-10-4-2-3-9(5-10)15-12(18)7-17-8-14-11(6-13)16-17/h2-5,8H,7H2,1H3,(H,15,18). The number of nitriles is 1. The SMILES string of the molecule is CSc1cccc(NC(=O)Cn2cnc(C#N)n2)c1. The second-order valence-corrected chi connectivity index (χ2v) is 4.54. The van der Waals surface area contributed by atoms with Gasteiger partial charge < -0.3 is 5.32 Å². The number of nitrogens with one attached hydrogen (secondary N) is 1. The fourth-order valence-electron chi connectivity index (χ4n) is 1.47. The summed E-state index contributed by atoms with van der Waals surface area (Å²) < 4.78 is 1.33. The van der Waals surface area contributed by atoms with Gasteiger partial charge in [-0.3, -0.25) is 4.79 Å². The van der Waals surface area contributed by atoms with Crippen LogP contribution in [0.4, 0.5) is 5.69 Å². The number of nitrogens with zero attached hydrogens (tertiary/aromatic N) is 4. The molecule has 6 nitrogen and oxygen atoms in total. The lowest BCUT2D eigenvalue weighted by Crippen LogP contribution is -2.19. The van der Waals surface area contributed by atoms with Gasteiger partial charge >= 0.3 is 0 Å². The van der Waals surface area contributed by atoms with Gasteiger partial charge in [-0.1, -0.05) is 6.07 Å². The summed E-state index contributed by atoms with van der Waals surface area (Å²) in [4.78, 5) is 16.6. The molecule has 0 saturated carbocycles. The summed E-state index contributed by atoms with van der Waals surface area (Å²) in [5.74, 6) is -0.162. The van der Waals surface area contributed by atoms with Crippen molar-refractivity contribution in [2.24, 2.45) is 0 Å². The lowest BCUT2D eigenvalue weighted by atomic mass is 10.3. The normalized spacial score (nSPS) is 9.89. The predicted molar refractivity (Wildman–Crippen MR) is 71.6 cm³/mol. The number of carbonyl (C=O) groups excluding carboxylic acids is 1. The molecule has 2 aromatic rings. The minimum absolute atomic E-state index is 0.0260. The highest BCUT2D eigenvalue weighted by atomic mass is 32.2. The highest BCUT2D eigenvalue weighted by molar-refractivity contribution is 7.98. The van der Waals surface area contributed by atoms with E-state index < -0.39 is 0 Å². The van der Waals surface area contributed by atoms with Crippen molar-refractivity contribution in [3.05, 3.63) is 36.4 Å². The number of rotatable bonds is 4. The van der Waals surface area contributed by atoms with Crippen LogP contribution in [0.2, 0.25) is 0 Å². The number of hydrogen-bond acceptors (Lipinski definition) is 5.